The summed E-state index contributed by atoms with van der Waals surface area (Å²) >= 11 is 7.49. The lowest BCUT2D eigenvalue weighted by molar-refractivity contribution is -0.117. The number of rotatable bonds is 4. The Morgan fingerprint density at radius 3 is 2.65 bits per heavy atom. The van der Waals surface area contributed by atoms with Crippen molar-refractivity contribution in [1.29, 1.82) is 0 Å². The number of nitrogens with zero attached hydrogens (tertiary/aromatic N) is 2. The molecule has 0 unspecified atom stereocenters. The van der Waals surface area contributed by atoms with Crippen molar-refractivity contribution in [3.05, 3.63) is 23.2 Å². The Kier molecular flexibility index (Phi) is 6.78. The molecule has 2 saturated heterocycles. The average molecular weight is 490 g/mol. The first-order chi connectivity index (χ1) is 14.4. The highest BCUT2D eigenvalue weighted by molar-refractivity contribution is 8.16. The topological polar surface area (TPSA) is 114 Å². The van der Waals surface area contributed by atoms with Crippen molar-refractivity contribution in [3.63, 3.8) is 0 Å². The third-order valence-electron chi connectivity index (χ3n) is 4.48. The van der Waals surface area contributed by atoms with Crippen LogP contribution in [0.25, 0.3) is 0 Å². The number of halogens is 1. The summed E-state index contributed by atoms with van der Waals surface area (Å²) in [6, 6.07) is 4.68. The maximum atomic E-state index is 12.4. The molecule has 31 heavy (non-hydrogen) atoms. The Morgan fingerprint density at radius 2 is 2.03 bits per heavy atom. The standard InChI is InChI=1S/C19H24ClN3O6S2/c1-19(2,3)29-18(25)21-8-16(24)22-17-23(11-5-6-14(28-4)12(20)7-11)13-9-31(26,27)10-15(13)30-17/h5-7,13,15H,8-10H2,1-4H3,(H,21,25)/t13-,15-/m1/s1. The highest BCUT2D eigenvalue weighted by Crippen LogP contribution is 2.42. The molecule has 2 atom stereocenters. The van der Waals surface area contributed by atoms with Gasteiger partial charge in [-0.3, -0.25) is 4.79 Å². The fraction of sp³-hybridized carbons (Fsp3) is 0.526. The average Bonchev–Trinajstić information content (AvgIpc) is 3.09. The Balaban J connectivity index is 1.82. The quantitative estimate of drug-likeness (QED) is 0.686. The lowest BCUT2D eigenvalue weighted by Gasteiger charge is -2.25. The number of benzene rings is 1. The molecule has 0 bridgehead atoms. The number of amides is 2. The molecule has 0 aliphatic carbocycles. The Morgan fingerprint density at radius 1 is 1.32 bits per heavy atom. The van der Waals surface area contributed by atoms with E-state index in [2.05, 4.69) is 10.3 Å². The van der Waals surface area contributed by atoms with E-state index < -0.39 is 27.4 Å². The molecule has 3 rings (SSSR count). The minimum absolute atomic E-state index is 0.00604. The molecule has 0 saturated carbocycles. The number of fused-ring (bicyclic) bond motifs is 1. The second kappa shape index (κ2) is 8.87. The number of hydrogen-bond donors (Lipinski definition) is 1. The normalized spacial score (nSPS) is 23.5. The van der Waals surface area contributed by atoms with Gasteiger partial charge in [0.2, 0.25) is 0 Å². The van der Waals surface area contributed by atoms with Gasteiger partial charge in [0, 0.05) is 10.9 Å². The number of aliphatic imine (C=N–C) groups is 1. The van der Waals surface area contributed by atoms with E-state index >= 15 is 0 Å². The zero-order valence-corrected chi connectivity index (χ0v) is 19.9. The van der Waals surface area contributed by atoms with Gasteiger partial charge >= 0.3 is 6.09 Å². The summed E-state index contributed by atoms with van der Waals surface area (Å²) in [4.78, 5) is 30.0. The number of nitrogens with one attached hydrogen (secondary N) is 1. The van der Waals surface area contributed by atoms with Gasteiger partial charge in [-0.1, -0.05) is 23.4 Å². The summed E-state index contributed by atoms with van der Waals surface area (Å²) in [6.07, 6.45) is -0.720. The number of amidine groups is 1. The first-order valence-corrected chi connectivity index (χ1v) is 12.5. The van der Waals surface area contributed by atoms with Crippen molar-refractivity contribution < 1.29 is 27.5 Å². The first-order valence-electron chi connectivity index (χ1n) is 9.47. The number of sulfone groups is 1. The molecule has 1 aromatic carbocycles. The van der Waals surface area contributed by atoms with Crippen LogP contribution in [0.2, 0.25) is 5.02 Å². The van der Waals surface area contributed by atoms with E-state index in [9.17, 15) is 18.0 Å². The first kappa shape index (κ1) is 23.7. The van der Waals surface area contributed by atoms with E-state index in [-0.39, 0.29) is 29.3 Å². The van der Waals surface area contributed by atoms with Crippen LogP contribution < -0.4 is 15.0 Å². The van der Waals surface area contributed by atoms with Crippen LogP contribution >= 0.6 is 23.4 Å². The molecule has 0 spiro atoms. The molecule has 2 fully saturated rings. The molecular formula is C19H24ClN3O6S2. The molecule has 2 aliphatic heterocycles. The molecule has 0 radical (unpaired) electrons. The predicted molar refractivity (Wildman–Crippen MR) is 121 cm³/mol. The van der Waals surface area contributed by atoms with E-state index in [0.717, 1.165) is 0 Å². The van der Waals surface area contributed by atoms with Gasteiger partial charge in [-0.15, -0.1) is 0 Å². The van der Waals surface area contributed by atoms with Crippen LogP contribution in [0.5, 0.6) is 5.75 Å². The van der Waals surface area contributed by atoms with Crippen molar-refractivity contribution in [2.75, 3.05) is 30.1 Å². The monoisotopic (exact) mass is 489 g/mol. The number of hydrogen-bond acceptors (Lipinski definition) is 7. The molecule has 2 amide bonds. The second-order valence-corrected chi connectivity index (χ2v) is 11.9. The van der Waals surface area contributed by atoms with Gasteiger partial charge in [-0.05, 0) is 39.0 Å². The van der Waals surface area contributed by atoms with Crippen LogP contribution in [0.4, 0.5) is 10.5 Å². The van der Waals surface area contributed by atoms with Crippen LogP contribution in [0.3, 0.4) is 0 Å². The molecule has 2 aliphatic rings. The van der Waals surface area contributed by atoms with Crippen LogP contribution in [-0.4, -0.2) is 67.6 Å². The van der Waals surface area contributed by atoms with Crippen LogP contribution in [0.1, 0.15) is 20.8 Å². The zero-order valence-electron chi connectivity index (χ0n) is 17.5. The van der Waals surface area contributed by atoms with Gasteiger partial charge in [-0.2, -0.15) is 4.99 Å². The summed E-state index contributed by atoms with van der Waals surface area (Å²) in [5.41, 5.74) is -0.0807. The summed E-state index contributed by atoms with van der Waals surface area (Å²) in [7, 11) is -1.70. The zero-order chi connectivity index (χ0) is 23.0. The summed E-state index contributed by atoms with van der Waals surface area (Å²) in [6.45, 7) is 4.81. The fourth-order valence-corrected chi connectivity index (χ4v) is 7.46. The third kappa shape index (κ3) is 5.83. The van der Waals surface area contributed by atoms with E-state index in [1.54, 1.807) is 43.9 Å². The number of methoxy groups -OCH3 is 1. The Labute approximate surface area is 190 Å². The van der Waals surface area contributed by atoms with Crippen molar-refractivity contribution in [2.45, 2.75) is 37.7 Å². The number of ether oxygens (including phenoxy) is 2. The number of thioether (sulfide) groups is 1. The fourth-order valence-electron chi connectivity index (χ4n) is 3.28. The van der Waals surface area contributed by atoms with Crippen molar-refractivity contribution in [2.24, 2.45) is 4.99 Å². The minimum atomic E-state index is -3.19. The maximum absolute atomic E-state index is 12.4. The van der Waals surface area contributed by atoms with Crippen molar-refractivity contribution in [1.82, 2.24) is 5.32 Å². The van der Waals surface area contributed by atoms with Crippen molar-refractivity contribution >= 4 is 56.1 Å². The smallest absolute Gasteiger partial charge is 0.408 e. The van der Waals surface area contributed by atoms with Gasteiger partial charge in [0.15, 0.2) is 15.0 Å². The highest BCUT2D eigenvalue weighted by atomic mass is 35.5. The molecule has 1 N–H and O–H groups in total. The molecule has 1 aromatic rings. The number of anilines is 1. The number of carbonyl (C=O) groups excluding carboxylic acids is 2. The van der Waals surface area contributed by atoms with Gasteiger partial charge < -0.3 is 19.7 Å². The van der Waals surface area contributed by atoms with Gasteiger partial charge in [0.25, 0.3) is 5.91 Å². The summed E-state index contributed by atoms with van der Waals surface area (Å²) in [5, 5.41) is 2.84. The lowest BCUT2D eigenvalue weighted by atomic mass is 10.2. The van der Waals surface area contributed by atoms with Crippen molar-refractivity contribution in [3.8, 4) is 5.75 Å². The van der Waals surface area contributed by atoms with Crippen LogP contribution in [0, 0.1) is 0 Å². The minimum Gasteiger partial charge on any atom is -0.495 e. The highest BCUT2D eigenvalue weighted by Gasteiger charge is 2.49. The van der Waals surface area contributed by atoms with E-state index in [1.165, 1.54) is 18.9 Å². The molecule has 170 valence electrons. The predicted octanol–water partition coefficient (Wildman–Crippen LogP) is 2.47. The Hall–Kier alpha value is -1.98. The lowest BCUT2D eigenvalue weighted by Crippen LogP contribution is -2.38. The van der Waals surface area contributed by atoms with Crippen LogP contribution in [0.15, 0.2) is 23.2 Å². The second-order valence-electron chi connectivity index (χ2n) is 8.13. The SMILES string of the molecule is COc1ccc(N2C(=NC(=O)CNC(=O)OC(C)(C)C)S[C@@H]3CS(=O)(=O)C[C@H]32)cc1Cl. The molecule has 0 aromatic heterocycles. The molecular weight excluding hydrogens is 466 g/mol. The van der Waals surface area contributed by atoms with E-state index in [1.807, 2.05) is 0 Å². The summed E-state index contributed by atoms with van der Waals surface area (Å²) in [5.74, 6) is -0.145. The van der Waals surface area contributed by atoms with Gasteiger partial charge in [0.1, 0.15) is 17.9 Å². The van der Waals surface area contributed by atoms with E-state index in [0.29, 0.717) is 21.6 Å². The maximum Gasteiger partial charge on any atom is 0.408 e. The molecule has 2 heterocycles. The van der Waals surface area contributed by atoms with Gasteiger partial charge in [-0.25, -0.2) is 13.2 Å². The summed E-state index contributed by atoms with van der Waals surface area (Å²) < 4.78 is 34.6. The van der Waals surface area contributed by atoms with Gasteiger partial charge in [0.05, 0.1) is 29.7 Å². The number of carbonyl (C=O) groups is 2. The Bertz CT molecular complexity index is 1020. The third-order valence-corrected chi connectivity index (χ3v) is 7.99. The van der Waals surface area contributed by atoms with E-state index in [4.69, 9.17) is 21.1 Å². The molecule has 12 heteroatoms. The molecule has 9 nitrogen and oxygen atoms in total. The number of alkyl carbamates (subject to hydrolysis) is 1. The largest absolute Gasteiger partial charge is 0.495 e. The van der Waals surface area contributed by atoms with Crippen LogP contribution in [-0.2, 0) is 19.4 Å².